The molecular formula is C22H23N3O3. The van der Waals surface area contributed by atoms with E-state index in [0.29, 0.717) is 24.6 Å². The van der Waals surface area contributed by atoms with E-state index in [4.69, 9.17) is 4.74 Å². The Balaban J connectivity index is 1.47. The van der Waals surface area contributed by atoms with Crippen molar-refractivity contribution in [2.45, 2.75) is 18.8 Å². The maximum atomic E-state index is 12.7. The zero-order valence-corrected chi connectivity index (χ0v) is 15.8. The van der Waals surface area contributed by atoms with E-state index in [1.54, 1.807) is 25.3 Å². The van der Waals surface area contributed by atoms with Gasteiger partial charge in [0.25, 0.3) is 5.91 Å². The molecule has 2 aromatic carbocycles. The molecule has 1 aromatic heterocycles. The highest BCUT2D eigenvalue weighted by molar-refractivity contribution is 5.94. The van der Waals surface area contributed by atoms with Gasteiger partial charge in [0.15, 0.2) is 0 Å². The van der Waals surface area contributed by atoms with Crippen molar-refractivity contribution in [1.29, 1.82) is 0 Å². The Morgan fingerprint density at radius 2 is 1.96 bits per heavy atom. The van der Waals surface area contributed by atoms with Gasteiger partial charge in [-0.3, -0.25) is 9.89 Å². The molecule has 2 N–H and O–H groups in total. The first kappa shape index (κ1) is 18.1. The van der Waals surface area contributed by atoms with E-state index in [9.17, 15) is 9.90 Å². The second-order valence-corrected chi connectivity index (χ2v) is 7.05. The van der Waals surface area contributed by atoms with Crippen LogP contribution in [0.15, 0.2) is 54.7 Å². The van der Waals surface area contributed by atoms with Crippen molar-refractivity contribution in [1.82, 2.24) is 15.1 Å². The summed E-state index contributed by atoms with van der Waals surface area (Å²) in [6.07, 6.45) is 3.59. The van der Waals surface area contributed by atoms with Crippen molar-refractivity contribution in [3.8, 4) is 22.6 Å². The van der Waals surface area contributed by atoms with Crippen LogP contribution in [0.25, 0.3) is 11.1 Å². The molecule has 0 radical (unpaired) electrons. The van der Waals surface area contributed by atoms with Gasteiger partial charge in [-0.15, -0.1) is 0 Å². The third-order valence-electron chi connectivity index (χ3n) is 5.33. The number of hydrogen-bond donors (Lipinski definition) is 2. The van der Waals surface area contributed by atoms with Gasteiger partial charge >= 0.3 is 0 Å². The number of hydrogen-bond acceptors (Lipinski definition) is 4. The van der Waals surface area contributed by atoms with Gasteiger partial charge < -0.3 is 14.7 Å². The maximum Gasteiger partial charge on any atom is 0.253 e. The Morgan fingerprint density at radius 1 is 1.18 bits per heavy atom. The summed E-state index contributed by atoms with van der Waals surface area (Å²) in [6.45, 7) is 1.35. The van der Waals surface area contributed by atoms with Crippen LogP contribution in [0.5, 0.6) is 11.5 Å². The normalized spacial score (nSPS) is 14.8. The monoisotopic (exact) mass is 377 g/mol. The topological polar surface area (TPSA) is 78.5 Å². The van der Waals surface area contributed by atoms with Crippen LogP contribution in [-0.4, -0.2) is 46.3 Å². The number of rotatable bonds is 4. The maximum absolute atomic E-state index is 12.7. The molecule has 1 fully saturated rings. The molecule has 1 aliphatic rings. The molecule has 0 aliphatic carbocycles. The first-order chi connectivity index (χ1) is 13.7. The van der Waals surface area contributed by atoms with Crippen molar-refractivity contribution in [2.24, 2.45) is 0 Å². The number of ether oxygens (including phenoxy) is 1. The quantitative estimate of drug-likeness (QED) is 0.725. The molecule has 0 spiro atoms. The zero-order valence-electron chi connectivity index (χ0n) is 15.8. The van der Waals surface area contributed by atoms with Crippen LogP contribution in [0.2, 0.25) is 0 Å². The molecule has 1 aliphatic heterocycles. The van der Waals surface area contributed by atoms with Crippen LogP contribution >= 0.6 is 0 Å². The van der Waals surface area contributed by atoms with Crippen molar-refractivity contribution >= 4 is 5.91 Å². The number of phenolic OH excluding ortho intramolecular Hbond substituents is 1. The van der Waals surface area contributed by atoms with Gasteiger partial charge in [-0.25, -0.2) is 0 Å². The number of H-pyrrole nitrogens is 1. The second kappa shape index (κ2) is 7.76. The molecule has 1 saturated heterocycles. The van der Waals surface area contributed by atoms with Gasteiger partial charge in [0, 0.05) is 35.8 Å². The first-order valence-corrected chi connectivity index (χ1v) is 9.41. The molecule has 0 atom stereocenters. The molecule has 0 unspecified atom stereocenters. The molecule has 3 aromatic rings. The Labute approximate surface area is 163 Å². The van der Waals surface area contributed by atoms with Gasteiger partial charge in [0.1, 0.15) is 11.5 Å². The summed E-state index contributed by atoms with van der Waals surface area (Å²) in [5.41, 5.74) is 3.78. The summed E-state index contributed by atoms with van der Waals surface area (Å²) in [5, 5.41) is 17.0. The fraction of sp³-hybridized carbons (Fsp3) is 0.273. The lowest BCUT2D eigenvalue weighted by molar-refractivity contribution is 0.0712. The number of carbonyl (C=O) groups excluding carboxylic acids is 1. The summed E-state index contributed by atoms with van der Waals surface area (Å²) < 4.78 is 5.34. The number of likely N-dealkylation sites (tertiary alicyclic amines) is 1. The largest absolute Gasteiger partial charge is 0.508 e. The predicted octanol–water partition coefficient (Wildman–Crippen LogP) is 3.81. The van der Waals surface area contributed by atoms with E-state index >= 15 is 0 Å². The van der Waals surface area contributed by atoms with Crippen LogP contribution in [0.3, 0.4) is 0 Å². The van der Waals surface area contributed by atoms with Crippen molar-refractivity contribution < 1.29 is 14.6 Å². The standard InChI is InChI=1S/C22H23N3O3/c1-28-19-7-3-4-16(13-19)20-14-23-24-21(20)15-8-10-25(11-9-15)22(27)17-5-2-6-18(26)12-17/h2-7,12-15,26H,8-11H2,1H3,(H,23,24). The highest BCUT2D eigenvalue weighted by Gasteiger charge is 2.27. The first-order valence-electron chi connectivity index (χ1n) is 9.41. The number of nitrogens with zero attached hydrogens (tertiary/aromatic N) is 2. The van der Waals surface area contributed by atoms with Gasteiger partial charge in [-0.2, -0.15) is 5.10 Å². The number of aromatic hydroxyl groups is 1. The number of piperidine rings is 1. The van der Waals surface area contributed by atoms with Gasteiger partial charge in [0.05, 0.1) is 13.3 Å². The molecule has 0 saturated carbocycles. The number of aromatic nitrogens is 2. The van der Waals surface area contributed by atoms with Crippen LogP contribution in [-0.2, 0) is 0 Å². The minimum absolute atomic E-state index is 0.0352. The van der Waals surface area contributed by atoms with E-state index in [1.165, 1.54) is 6.07 Å². The second-order valence-electron chi connectivity index (χ2n) is 7.05. The van der Waals surface area contributed by atoms with E-state index < -0.39 is 0 Å². The molecule has 0 bridgehead atoms. The molecule has 4 rings (SSSR count). The summed E-state index contributed by atoms with van der Waals surface area (Å²) in [7, 11) is 1.66. The average molecular weight is 377 g/mol. The lowest BCUT2D eigenvalue weighted by Crippen LogP contribution is -2.38. The van der Waals surface area contributed by atoms with Gasteiger partial charge in [-0.05, 0) is 48.7 Å². The zero-order chi connectivity index (χ0) is 19.5. The summed E-state index contributed by atoms with van der Waals surface area (Å²) >= 11 is 0. The van der Waals surface area contributed by atoms with Crippen molar-refractivity contribution in [3.63, 3.8) is 0 Å². The fourth-order valence-corrected chi connectivity index (χ4v) is 3.82. The van der Waals surface area contributed by atoms with E-state index in [2.05, 4.69) is 16.3 Å². The molecule has 2 heterocycles. The third kappa shape index (κ3) is 3.58. The third-order valence-corrected chi connectivity index (χ3v) is 5.33. The van der Waals surface area contributed by atoms with Crippen LogP contribution in [0, 0.1) is 0 Å². The number of aromatic amines is 1. The van der Waals surface area contributed by atoms with Crippen molar-refractivity contribution in [2.75, 3.05) is 20.2 Å². The smallest absolute Gasteiger partial charge is 0.253 e. The summed E-state index contributed by atoms with van der Waals surface area (Å²) in [5.74, 6) is 1.21. The number of amides is 1. The Morgan fingerprint density at radius 3 is 2.71 bits per heavy atom. The SMILES string of the molecule is COc1cccc(-c2cn[nH]c2C2CCN(C(=O)c3cccc(O)c3)CC2)c1. The fourth-order valence-electron chi connectivity index (χ4n) is 3.82. The van der Waals surface area contributed by atoms with Crippen LogP contribution < -0.4 is 4.74 Å². The molecular weight excluding hydrogens is 354 g/mol. The lowest BCUT2D eigenvalue weighted by Gasteiger charge is -2.32. The predicted molar refractivity (Wildman–Crippen MR) is 107 cm³/mol. The molecule has 6 nitrogen and oxygen atoms in total. The Bertz CT molecular complexity index is 974. The summed E-state index contributed by atoms with van der Waals surface area (Å²) in [4.78, 5) is 14.5. The Hall–Kier alpha value is -3.28. The van der Waals surface area contributed by atoms with Gasteiger partial charge in [0.2, 0.25) is 0 Å². The molecule has 28 heavy (non-hydrogen) atoms. The molecule has 6 heteroatoms. The highest BCUT2D eigenvalue weighted by Crippen LogP contribution is 2.35. The minimum Gasteiger partial charge on any atom is -0.508 e. The Kier molecular flexibility index (Phi) is 5.02. The van der Waals surface area contributed by atoms with Crippen molar-refractivity contribution in [3.05, 3.63) is 66.0 Å². The highest BCUT2D eigenvalue weighted by atomic mass is 16.5. The summed E-state index contributed by atoms with van der Waals surface area (Å²) in [6, 6.07) is 14.5. The minimum atomic E-state index is -0.0352. The number of phenols is 1. The van der Waals surface area contributed by atoms with E-state index in [1.807, 2.05) is 29.3 Å². The van der Waals surface area contributed by atoms with Crippen LogP contribution in [0.4, 0.5) is 0 Å². The number of carbonyl (C=O) groups is 1. The van der Waals surface area contributed by atoms with E-state index in [0.717, 1.165) is 35.4 Å². The molecule has 144 valence electrons. The van der Waals surface area contributed by atoms with Crippen LogP contribution in [0.1, 0.15) is 34.8 Å². The lowest BCUT2D eigenvalue weighted by atomic mass is 9.89. The average Bonchev–Trinajstić information content (AvgIpc) is 3.23. The number of methoxy groups -OCH3 is 1. The molecule has 1 amide bonds. The number of benzene rings is 2. The number of nitrogens with one attached hydrogen (secondary N) is 1. The van der Waals surface area contributed by atoms with E-state index in [-0.39, 0.29) is 11.7 Å². The van der Waals surface area contributed by atoms with Gasteiger partial charge in [-0.1, -0.05) is 18.2 Å².